The molecule has 2 atom stereocenters. The van der Waals surface area contributed by atoms with E-state index in [1.165, 1.54) is 0 Å². The van der Waals surface area contributed by atoms with Gasteiger partial charge in [-0.05, 0) is 46.8 Å². The molecule has 0 bridgehead atoms. The van der Waals surface area contributed by atoms with Crippen molar-refractivity contribution in [1.82, 2.24) is 15.1 Å². The van der Waals surface area contributed by atoms with Crippen LogP contribution in [0.4, 0.5) is 0 Å². The van der Waals surface area contributed by atoms with E-state index in [2.05, 4.69) is 38.2 Å². The Labute approximate surface area is 99.0 Å². The van der Waals surface area contributed by atoms with E-state index in [1.54, 1.807) is 0 Å². The second kappa shape index (κ2) is 6.21. The fraction of sp³-hybridized carbons (Fsp3) is 0.917. The first kappa shape index (κ1) is 13.5. The van der Waals surface area contributed by atoms with Crippen LogP contribution in [-0.2, 0) is 4.79 Å². The van der Waals surface area contributed by atoms with E-state index in [0.29, 0.717) is 0 Å². The highest BCUT2D eigenvalue weighted by atomic mass is 16.2. The predicted octanol–water partition coefficient (Wildman–Crippen LogP) is 0.885. The molecule has 0 spiro atoms. The Hall–Kier alpha value is -0.610. The highest BCUT2D eigenvalue weighted by Crippen LogP contribution is 2.13. The van der Waals surface area contributed by atoms with Gasteiger partial charge in [0, 0.05) is 6.54 Å². The molecule has 94 valence electrons. The third-order valence-electron chi connectivity index (χ3n) is 3.15. The second-order valence-electron chi connectivity index (χ2n) is 4.85. The van der Waals surface area contributed by atoms with Crippen molar-refractivity contribution in [2.24, 2.45) is 0 Å². The maximum Gasteiger partial charge on any atom is 0.240 e. The first-order valence-electron chi connectivity index (χ1n) is 6.27. The van der Waals surface area contributed by atoms with Crippen molar-refractivity contribution < 1.29 is 4.79 Å². The minimum Gasteiger partial charge on any atom is -0.326 e. The Morgan fingerprint density at radius 1 is 1.38 bits per heavy atom. The molecule has 0 aliphatic carbocycles. The third-order valence-corrected chi connectivity index (χ3v) is 3.15. The van der Waals surface area contributed by atoms with Gasteiger partial charge in [0.1, 0.15) is 0 Å². The van der Waals surface area contributed by atoms with Crippen molar-refractivity contribution in [3.05, 3.63) is 0 Å². The van der Waals surface area contributed by atoms with Crippen LogP contribution in [-0.4, -0.2) is 55.1 Å². The maximum atomic E-state index is 11.9. The summed E-state index contributed by atoms with van der Waals surface area (Å²) in [4.78, 5) is 16.1. The van der Waals surface area contributed by atoms with Crippen LogP contribution in [0.15, 0.2) is 0 Å². The summed E-state index contributed by atoms with van der Waals surface area (Å²) in [6, 6.07) is 0.0452. The van der Waals surface area contributed by atoms with Gasteiger partial charge in [-0.15, -0.1) is 0 Å². The van der Waals surface area contributed by atoms with Crippen molar-refractivity contribution in [1.29, 1.82) is 0 Å². The molecular formula is C12H25N3O. The van der Waals surface area contributed by atoms with Gasteiger partial charge < -0.3 is 9.80 Å². The number of hydrogen-bond donors (Lipinski definition) is 1. The zero-order chi connectivity index (χ0) is 12.1. The van der Waals surface area contributed by atoms with Gasteiger partial charge in [-0.25, -0.2) is 0 Å². The minimum absolute atomic E-state index is 0.0452. The zero-order valence-electron chi connectivity index (χ0n) is 11.0. The molecule has 1 aliphatic heterocycles. The molecule has 1 aliphatic rings. The van der Waals surface area contributed by atoms with Crippen LogP contribution in [0.5, 0.6) is 0 Å². The van der Waals surface area contributed by atoms with Gasteiger partial charge in [0.15, 0.2) is 0 Å². The molecule has 0 aromatic rings. The molecule has 1 saturated heterocycles. The summed E-state index contributed by atoms with van der Waals surface area (Å²) in [7, 11) is 4.16. The van der Waals surface area contributed by atoms with E-state index in [9.17, 15) is 4.79 Å². The summed E-state index contributed by atoms with van der Waals surface area (Å²) < 4.78 is 0. The molecule has 4 nitrogen and oxygen atoms in total. The summed E-state index contributed by atoms with van der Waals surface area (Å²) in [6.45, 7) is 6.11. The standard InChI is InChI=1S/C12H25N3O/c1-5-11-12(16)15(10(2)13-11)9-7-6-8-14(3)4/h10-11,13H,5-9H2,1-4H3. The Bertz CT molecular complexity index is 230. The average Bonchev–Trinajstić information content (AvgIpc) is 2.50. The van der Waals surface area contributed by atoms with Gasteiger partial charge in [0.25, 0.3) is 0 Å². The summed E-state index contributed by atoms with van der Waals surface area (Å²) in [5, 5.41) is 3.32. The number of carbonyl (C=O) groups is 1. The molecule has 1 rings (SSSR count). The monoisotopic (exact) mass is 227 g/mol. The van der Waals surface area contributed by atoms with Crippen LogP contribution in [0, 0.1) is 0 Å². The van der Waals surface area contributed by atoms with E-state index in [0.717, 1.165) is 32.4 Å². The second-order valence-corrected chi connectivity index (χ2v) is 4.85. The number of amides is 1. The molecule has 2 unspecified atom stereocenters. The molecule has 0 saturated carbocycles. The smallest absolute Gasteiger partial charge is 0.240 e. The van der Waals surface area contributed by atoms with E-state index in [-0.39, 0.29) is 18.1 Å². The molecule has 1 fully saturated rings. The van der Waals surface area contributed by atoms with Crippen molar-refractivity contribution in [2.45, 2.75) is 45.3 Å². The summed E-state index contributed by atoms with van der Waals surface area (Å²) in [6.07, 6.45) is 3.33. The predicted molar refractivity (Wildman–Crippen MR) is 66.2 cm³/mol. The summed E-state index contributed by atoms with van der Waals surface area (Å²) in [5.41, 5.74) is 0. The largest absolute Gasteiger partial charge is 0.326 e. The Kier molecular flexibility index (Phi) is 5.22. The summed E-state index contributed by atoms with van der Waals surface area (Å²) in [5.74, 6) is 0.278. The number of carbonyl (C=O) groups excluding carboxylic acids is 1. The lowest BCUT2D eigenvalue weighted by Gasteiger charge is -2.21. The SMILES string of the molecule is CCC1NC(C)N(CCCCN(C)C)C1=O. The van der Waals surface area contributed by atoms with Gasteiger partial charge >= 0.3 is 0 Å². The van der Waals surface area contributed by atoms with Crippen LogP contribution in [0.1, 0.15) is 33.1 Å². The fourth-order valence-corrected chi connectivity index (χ4v) is 2.15. The number of nitrogens with one attached hydrogen (secondary N) is 1. The number of unbranched alkanes of at least 4 members (excludes halogenated alkanes) is 1. The Balaban J connectivity index is 2.28. The van der Waals surface area contributed by atoms with Gasteiger partial charge in [-0.1, -0.05) is 6.92 Å². The molecule has 0 aromatic carbocycles. The highest BCUT2D eigenvalue weighted by Gasteiger charge is 2.34. The number of hydrogen-bond acceptors (Lipinski definition) is 3. The molecule has 16 heavy (non-hydrogen) atoms. The van der Waals surface area contributed by atoms with Crippen LogP contribution in [0.3, 0.4) is 0 Å². The third kappa shape index (κ3) is 3.46. The van der Waals surface area contributed by atoms with E-state index < -0.39 is 0 Å². The molecule has 0 radical (unpaired) electrons. The molecule has 1 heterocycles. The minimum atomic E-state index is 0.0452. The lowest BCUT2D eigenvalue weighted by Crippen LogP contribution is -2.35. The first-order chi connectivity index (χ1) is 7.56. The first-order valence-corrected chi connectivity index (χ1v) is 6.27. The van der Waals surface area contributed by atoms with Crippen LogP contribution < -0.4 is 5.32 Å². The van der Waals surface area contributed by atoms with Crippen molar-refractivity contribution in [2.75, 3.05) is 27.2 Å². The molecular weight excluding hydrogens is 202 g/mol. The Morgan fingerprint density at radius 2 is 2.06 bits per heavy atom. The van der Waals surface area contributed by atoms with Crippen LogP contribution in [0.2, 0.25) is 0 Å². The molecule has 1 N–H and O–H groups in total. The lowest BCUT2D eigenvalue weighted by molar-refractivity contribution is -0.129. The quantitative estimate of drug-likeness (QED) is 0.684. The highest BCUT2D eigenvalue weighted by molar-refractivity contribution is 5.84. The number of nitrogens with zero attached hydrogens (tertiary/aromatic N) is 2. The zero-order valence-corrected chi connectivity index (χ0v) is 11.0. The van der Waals surface area contributed by atoms with Gasteiger partial charge in [0.2, 0.25) is 5.91 Å². The number of rotatable bonds is 6. The average molecular weight is 227 g/mol. The van der Waals surface area contributed by atoms with Crippen molar-refractivity contribution >= 4 is 5.91 Å². The summed E-state index contributed by atoms with van der Waals surface area (Å²) >= 11 is 0. The van der Waals surface area contributed by atoms with E-state index >= 15 is 0 Å². The van der Waals surface area contributed by atoms with Crippen LogP contribution >= 0.6 is 0 Å². The Morgan fingerprint density at radius 3 is 2.56 bits per heavy atom. The van der Waals surface area contributed by atoms with Gasteiger partial charge in [-0.3, -0.25) is 10.1 Å². The molecule has 0 aromatic heterocycles. The van der Waals surface area contributed by atoms with Crippen LogP contribution in [0.25, 0.3) is 0 Å². The van der Waals surface area contributed by atoms with E-state index in [4.69, 9.17) is 0 Å². The van der Waals surface area contributed by atoms with E-state index in [1.807, 2.05) is 4.90 Å². The van der Waals surface area contributed by atoms with Gasteiger partial charge in [0.05, 0.1) is 12.2 Å². The van der Waals surface area contributed by atoms with Crippen molar-refractivity contribution in [3.63, 3.8) is 0 Å². The fourth-order valence-electron chi connectivity index (χ4n) is 2.15. The maximum absolute atomic E-state index is 11.9. The lowest BCUT2D eigenvalue weighted by atomic mass is 10.2. The molecule has 1 amide bonds. The molecule has 4 heteroatoms. The topological polar surface area (TPSA) is 35.6 Å². The normalized spacial score (nSPS) is 25.8. The van der Waals surface area contributed by atoms with Crippen molar-refractivity contribution in [3.8, 4) is 0 Å². The van der Waals surface area contributed by atoms with Gasteiger partial charge in [-0.2, -0.15) is 0 Å².